The third kappa shape index (κ3) is 5.17. The lowest BCUT2D eigenvalue weighted by molar-refractivity contribution is -0.208. The summed E-state index contributed by atoms with van der Waals surface area (Å²) in [5, 5.41) is 0.663. The highest BCUT2D eigenvalue weighted by atomic mass is 35.5. The summed E-state index contributed by atoms with van der Waals surface area (Å²) in [5.41, 5.74) is -0.334. The Labute approximate surface area is 167 Å². The van der Waals surface area contributed by atoms with E-state index in [1.165, 1.54) is 0 Å². The SMILES string of the molecule is BC1=CC(C)C(CC(=O)OC2(C(=O)OCC)CCCCC2OCC)C=C1Cl. The second-order valence-electron chi connectivity index (χ2n) is 7.37. The fraction of sp³-hybridized carbons (Fsp3) is 0.700. The van der Waals surface area contributed by atoms with E-state index in [1.54, 1.807) is 6.92 Å². The summed E-state index contributed by atoms with van der Waals surface area (Å²) in [5.74, 6) is -0.799. The number of hydrogen-bond acceptors (Lipinski definition) is 5. The molecule has 0 spiro atoms. The molecule has 0 amide bonds. The first-order valence-electron chi connectivity index (χ1n) is 9.90. The number of ether oxygens (including phenoxy) is 3. The summed E-state index contributed by atoms with van der Waals surface area (Å²) >= 11 is 6.23. The van der Waals surface area contributed by atoms with Crippen LogP contribution in [0.4, 0.5) is 0 Å². The average molecular weight is 397 g/mol. The zero-order valence-electron chi connectivity index (χ0n) is 16.8. The van der Waals surface area contributed by atoms with Gasteiger partial charge in [-0.15, -0.1) is 0 Å². The first-order chi connectivity index (χ1) is 12.8. The van der Waals surface area contributed by atoms with Gasteiger partial charge in [-0.25, -0.2) is 4.79 Å². The van der Waals surface area contributed by atoms with Crippen LogP contribution in [0, 0.1) is 11.8 Å². The maximum Gasteiger partial charge on any atom is 0.353 e. The summed E-state index contributed by atoms with van der Waals surface area (Å²) < 4.78 is 16.9. The smallest absolute Gasteiger partial charge is 0.353 e. The number of carbonyl (C=O) groups is 2. The van der Waals surface area contributed by atoms with Gasteiger partial charge in [-0.2, -0.15) is 0 Å². The zero-order valence-corrected chi connectivity index (χ0v) is 17.5. The number of allylic oxidation sites excluding steroid dienone is 4. The maximum atomic E-state index is 12.8. The van der Waals surface area contributed by atoms with Crippen molar-refractivity contribution in [3.8, 4) is 0 Å². The molecule has 1 saturated carbocycles. The first-order valence-corrected chi connectivity index (χ1v) is 10.3. The summed E-state index contributed by atoms with van der Waals surface area (Å²) in [6.07, 6.45) is 6.50. The minimum absolute atomic E-state index is 0.0536. The Morgan fingerprint density at radius 2 is 2.00 bits per heavy atom. The van der Waals surface area contributed by atoms with Crippen LogP contribution in [0.15, 0.2) is 22.7 Å². The van der Waals surface area contributed by atoms with E-state index in [2.05, 4.69) is 6.08 Å². The predicted molar refractivity (Wildman–Crippen MR) is 107 cm³/mol. The number of carbonyl (C=O) groups excluding carboxylic acids is 2. The summed E-state index contributed by atoms with van der Waals surface area (Å²) in [4.78, 5) is 25.6. The van der Waals surface area contributed by atoms with E-state index in [1.807, 2.05) is 27.8 Å². The molecule has 7 heteroatoms. The van der Waals surface area contributed by atoms with Gasteiger partial charge in [0.1, 0.15) is 14.0 Å². The molecule has 2 aliphatic rings. The minimum atomic E-state index is -1.35. The Morgan fingerprint density at radius 3 is 2.67 bits per heavy atom. The molecule has 0 N–H and O–H groups in total. The van der Waals surface area contributed by atoms with E-state index < -0.39 is 23.6 Å². The Balaban J connectivity index is 2.17. The van der Waals surface area contributed by atoms with Crippen molar-refractivity contribution in [2.75, 3.05) is 13.2 Å². The molecule has 4 unspecified atom stereocenters. The molecule has 0 radical (unpaired) electrons. The van der Waals surface area contributed by atoms with Gasteiger partial charge in [0.15, 0.2) is 0 Å². The molecule has 150 valence electrons. The maximum absolute atomic E-state index is 12.8. The molecular weight excluding hydrogens is 366 g/mol. The van der Waals surface area contributed by atoms with Crippen LogP contribution < -0.4 is 0 Å². The van der Waals surface area contributed by atoms with Crippen LogP contribution in [0.3, 0.4) is 0 Å². The second-order valence-corrected chi connectivity index (χ2v) is 7.77. The van der Waals surface area contributed by atoms with Crippen molar-refractivity contribution < 1.29 is 23.8 Å². The lowest BCUT2D eigenvalue weighted by Gasteiger charge is -2.40. The van der Waals surface area contributed by atoms with Crippen LogP contribution in [0.2, 0.25) is 0 Å². The van der Waals surface area contributed by atoms with Crippen LogP contribution >= 0.6 is 11.6 Å². The first kappa shape index (κ1) is 22.0. The van der Waals surface area contributed by atoms with Gasteiger partial charge in [-0.3, -0.25) is 4.79 Å². The summed E-state index contributed by atoms with van der Waals surface area (Å²) in [6.45, 7) is 6.35. The van der Waals surface area contributed by atoms with Gasteiger partial charge in [0, 0.05) is 18.1 Å². The summed E-state index contributed by atoms with van der Waals surface area (Å²) in [7, 11) is 1.95. The van der Waals surface area contributed by atoms with Gasteiger partial charge in [0.05, 0.1) is 13.0 Å². The molecule has 0 heterocycles. The van der Waals surface area contributed by atoms with Crippen molar-refractivity contribution in [1.82, 2.24) is 0 Å². The highest BCUT2D eigenvalue weighted by Gasteiger charge is 2.53. The van der Waals surface area contributed by atoms with Crippen LogP contribution in [0.25, 0.3) is 0 Å². The van der Waals surface area contributed by atoms with Crippen molar-refractivity contribution in [3.63, 3.8) is 0 Å². The molecular formula is C20H30BClO5. The number of hydrogen-bond donors (Lipinski definition) is 0. The highest BCUT2D eigenvalue weighted by Crippen LogP contribution is 2.37. The Hall–Kier alpha value is -1.27. The Morgan fingerprint density at radius 1 is 1.26 bits per heavy atom. The van der Waals surface area contributed by atoms with E-state index >= 15 is 0 Å². The summed E-state index contributed by atoms with van der Waals surface area (Å²) in [6, 6.07) is 0. The van der Waals surface area contributed by atoms with E-state index in [4.69, 9.17) is 25.8 Å². The molecule has 27 heavy (non-hydrogen) atoms. The van der Waals surface area contributed by atoms with Crippen molar-refractivity contribution in [2.24, 2.45) is 11.8 Å². The van der Waals surface area contributed by atoms with Crippen LogP contribution in [0.1, 0.15) is 52.9 Å². The minimum Gasteiger partial charge on any atom is -0.463 e. The molecule has 0 bridgehead atoms. The normalized spacial score (nSPS) is 30.9. The fourth-order valence-electron chi connectivity index (χ4n) is 3.93. The van der Waals surface area contributed by atoms with E-state index in [-0.39, 0.29) is 24.9 Å². The van der Waals surface area contributed by atoms with Gasteiger partial charge >= 0.3 is 11.9 Å². The van der Waals surface area contributed by atoms with Crippen molar-refractivity contribution >= 4 is 31.4 Å². The van der Waals surface area contributed by atoms with Gasteiger partial charge < -0.3 is 14.2 Å². The Kier molecular flexibility index (Phi) is 7.98. The van der Waals surface area contributed by atoms with Crippen molar-refractivity contribution in [2.45, 2.75) is 64.6 Å². The van der Waals surface area contributed by atoms with Crippen LogP contribution in [-0.2, 0) is 23.8 Å². The third-order valence-corrected chi connectivity index (χ3v) is 5.82. The molecule has 2 aliphatic carbocycles. The van der Waals surface area contributed by atoms with Gasteiger partial charge in [0.25, 0.3) is 0 Å². The van der Waals surface area contributed by atoms with Crippen LogP contribution in [-0.4, -0.2) is 44.7 Å². The van der Waals surface area contributed by atoms with E-state index in [9.17, 15) is 9.59 Å². The Bertz CT molecular complexity index is 615. The number of esters is 2. The molecule has 4 atom stereocenters. The molecule has 0 aromatic carbocycles. The second kappa shape index (κ2) is 9.79. The molecule has 0 saturated heterocycles. The standard InChI is InChI=1S/C20H30BClO5/c1-4-25-17-8-6-7-9-20(17,19(24)26-5-2)27-18(23)12-14-11-16(22)15(21)10-13(14)3/h10-11,13-14,17H,4-9,12,21H2,1-3H3. The average Bonchev–Trinajstić information content (AvgIpc) is 2.61. The lowest BCUT2D eigenvalue weighted by Crippen LogP contribution is -2.56. The van der Waals surface area contributed by atoms with Gasteiger partial charge in [-0.1, -0.05) is 42.6 Å². The quantitative estimate of drug-likeness (QED) is 0.489. The monoisotopic (exact) mass is 396 g/mol. The van der Waals surface area contributed by atoms with E-state index in [0.717, 1.165) is 18.3 Å². The lowest BCUT2D eigenvalue weighted by atomic mass is 9.79. The highest BCUT2D eigenvalue weighted by molar-refractivity contribution is 6.41. The molecule has 0 aliphatic heterocycles. The topological polar surface area (TPSA) is 61.8 Å². The van der Waals surface area contributed by atoms with Gasteiger partial charge in [-0.05, 0) is 38.5 Å². The molecule has 0 aromatic rings. The third-order valence-electron chi connectivity index (χ3n) is 5.40. The molecule has 1 fully saturated rings. The molecule has 5 nitrogen and oxygen atoms in total. The largest absolute Gasteiger partial charge is 0.463 e. The predicted octanol–water partition coefficient (Wildman–Crippen LogP) is 3.11. The molecule has 0 aromatic heterocycles. The van der Waals surface area contributed by atoms with Gasteiger partial charge in [0.2, 0.25) is 5.60 Å². The zero-order chi connectivity index (χ0) is 20.0. The van der Waals surface area contributed by atoms with Crippen molar-refractivity contribution in [3.05, 3.63) is 22.7 Å². The van der Waals surface area contributed by atoms with E-state index in [0.29, 0.717) is 24.5 Å². The molecule has 2 rings (SSSR count). The van der Waals surface area contributed by atoms with Crippen LogP contribution in [0.5, 0.6) is 0 Å². The fourth-order valence-corrected chi connectivity index (χ4v) is 4.15. The number of rotatable bonds is 7. The number of halogens is 1. The van der Waals surface area contributed by atoms with Crippen molar-refractivity contribution in [1.29, 1.82) is 0 Å².